The summed E-state index contributed by atoms with van der Waals surface area (Å²) in [5, 5.41) is 2.38. The van der Waals surface area contributed by atoms with Crippen LogP contribution in [0.2, 0.25) is 0 Å². The molecule has 0 fully saturated rings. The van der Waals surface area contributed by atoms with Gasteiger partial charge in [-0.25, -0.2) is 4.79 Å². The molecule has 3 rings (SSSR count). The summed E-state index contributed by atoms with van der Waals surface area (Å²) in [5.74, 6) is 1.41. The van der Waals surface area contributed by atoms with Gasteiger partial charge < -0.3 is 14.8 Å². The van der Waals surface area contributed by atoms with Gasteiger partial charge in [0.25, 0.3) is 0 Å². The first kappa shape index (κ1) is 21.4. The number of hydrogen-bond acceptors (Lipinski definition) is 4. The normalized spacial score (nSPS) is 21.9. The number of unbranched alkanes of at least 4 members (excludes halogenated alkanes) is 2. The third-order valence-electron chi connectivity index (χ3n) is 6.13. The van der Waals surface area contributed by atoms with Crippen LogP contribution in [0.1, 0.15) is 76.8 Å². The fourth-order valence-electron chi connectivity index (χ4n) is 4.65. The first-order valence-electron chi connectivity index (χ1n) is 10.8. The van der Waals surface area contributed by atoms with Gasteiger partial charge in [0, 0.05) is 17.4 Å². The number of carbonyl (C=O) groups excluding carboxylic acids is 2. The molecule has 0 spiro atoms. The number of carbonyl (C=O) groups is 2. The van der Waals surface area contributed by atoms with Crippen LogP contribution in [0.4, 0.5) is 0 Å². The van der Waals surface area contributed by atoms with Crippen LogP contribution in [0.25, 0.3) is 0 Å². The smallest absolute Gasteiger partial charge is 0.330 e. The molecule has 1 amide bonds. The van der Waals surface area contributed by atoms with E-state index in [9.17, 15) is 9.59 Å². The average molecular weight is 400 g/mol. The van der Waals surface area contributed by atoms with Crippen molar-refractivity contribution >= 4 is 12.4 Å². The van der Waals surface area contributed by atoms with E-state index in [1.807, 2.05) is 6.07 Å². The van der Waals surface area contributed by atoms with Crippen molar-refractivity contribution in [2.45, 2.75) is 77.7 Å². The van der Waals surface area contributed by atoms with E-state index in [1.165, 1.54) is 5.57 Å². The number of esters is 1. The summed E-state index contributed by atoms with van der Waals surface area (Å²) in [6.45, 7) is 8.52. The Morgan fingerprint density at radius 2 is 2.14 bits per heavy atom. The van der Waals surface area contributed by atoms with Gasteiger partial charge in [-0.1, -0.05) is 31.4 Å². The summed E-state index contributed by atoms with van der Waals surface area (Å²) >= 11 is 0. The van der Waals surface area contributed by atoms with Gasteiger partial charge in [-0.3, -0.25) is 4.79 Å². The second-order valence-electron chi connectivity index (χ2n) is 8.83. The Balaban J connectivity index is 2.03. The van der Waals surface area contributed by atoms with E-state index in [2.05, 4.69) is 45.2 Å². The number of hydrogen-bond donors (Lipinski definition) is 1. The molecule has 1 heterocycles. The minimum atomic E-state index is -0.470. The maximum Gasteiger partial charge on any atom is 0.330 e. The fraction of sp³-hybridized carbons (Fsp3) is 0.583. The van der Waals surface area contributed by atoms with Gasteiger partial charge in [-0.05, 0) is 64.2 Å². The molecule has 1 aromatic rings. The van der Waals surface area contributed by atoms with Gasteiger partial charge in [0.2, 0.25) is 6.41 Å². The molecule has 1 N–H and O–H groups in total. The third-order valence-corrected chi connectivity index (χ3v) is 6.13. The van der Waals surface area contributed by atoms with Crippen molar-refractivity contribution in [3.8, 4) is 11.5 Å². The summed E-state index contributed by atoms with van der Waals surface area (Å²) in [4.78, 5) is 22.8. The van der Waals surface area contributed by atoms with Crippen LogP contribution < -0.4 is 14.8 Å². The van der Waals surface area contributed by atoms with Crippen molar-refractivity contribution in [2.75, 3.05) is 6.54 Å². The van der Waals surface area contributed by atoms with Crippen LogP contribution in [0, 0.1) is 5.92 Å². The lowest BCUT2D eigenvalue weighted by Crippen LogP contribution is -2.45. The molecule has 1 aliphatic carbocycles. The van der Waals surface area contributed by atoms with Gasteiger partial charge in [-0.2, -0.15) is 0 Å². The van der Waals surface area contributed by atoms with Crippen molar-refractivity contribution in [1.82, 2.24) is 5.32 Å². The van der Waals surface area contributed by atoms with E-state index in [4.69, 9.17) is 9.47 Å². The molecule has 0 saturated carbocycles. The largest absolute Gasteiger partial charge is 0.487 e. The molecule has 0 unspecified atom stereocenters. The van der Waals surface area contributed by atoms with Crippen LogP contribution in [0.3, 0.4) is 0 Å². The number of amides is 1. The van der Waals surface area contributed by atoms with Gasteiger partial charge in [0.05, 0.1) is 0 Å². The number of nitrogens with one attached hydrogen (secondary N) is 1. The number of rotatable bonds is 8. The predicted molar refractivity (Wildman–Crippen MR) is 113 cm³/mol. The average Bonchev–Trinajstić information content (AvgIpc) is 2.65. The Labute approximate surface area is 173 Å². The number of benzene rings is 1. The molecule has 0 saturated heterocycles. The molecule has 2 aliphatic rings. The van der Waals surface area contributed by atoms with Crippen molar-refractivity contribution in [1.29, 1.82) is 0 Å². The number of allylic oxidation sites excluding steroid dienone is 2. The zero-order valence-corrected chi connectivity index (χ0v) is 18.0. The van der Waals surface area contributed by atoms with Crippen LogP contribution in [-0.2, 0) is 16.0 Å². The summed E-state index contributed by atoms with van der Waals surface area (Å²) in [6.07, 6.45) is 9.27. The molecule has 0 aromatic heterocycles. The van der Waals surface area contributed by atoms with E-state index in [0.717, 1.165) is 55.4 Å². The van der Waals surface area contributed by atoms with Crippen LogP contribution in [0.5, 0.6) is 11.5 Å². The summed E-state index contributed by atoms with van der Waals surface area (Å²) in [6, 6.07) is 4.12. The molecule has 29 heavy (non-hydrogen) atoms. The highest BCUT2D eigenvalue weighted by molar-refractivity contribution is 5.77. The highest BCUT2D eigenvalue weighted by Crippen LogP contribution is 2.53. The zero-order chi connectivity index (χ0) is 21.0. The number of ether oxygens (including phenoxy) is 2. The fourth-order valence-corrected chi connectivity index (χ4v) is 4.65. The van der Waals surface area contributed by atoms with Crippen LogP contribution in [0.15, 0.2) is 23.8 Å². The highest BCUT2D eigenvalue weighted by Gasteiger charge is 2.45. The van der Waals surface area contributed by atoms with Gasteiger partial charge in [0.15, 0.2) is 0 Å². The molecular weight excluding hydrogens is 366 g/mol. The van der Waals surface area contributed by atoms with E-state index in [1.54, 1.807) is 0 Å². The standard InChI is InChI=1S/C24H33NO4/c1-5-6-7-8-17-12-20(28-22(27)14-25-15-26)23-18-11-16(2)9-10-19(18)24(3,4)29-21(23)13-17/h11-13,15,18-19H,5-10,14H2,1-4H3,(H,25,26)/t18-,19-/m1/s1. The topological polar surface area (TPSA) is 64.6 Å². The predicted octanol–water partition coefficient (Wildman–Crippen LogP) is 4.68. The van der Waals surface area contributed by atoms with Crippen molar-refractivity contribution in [2.24, 2.45) is 5.92 Å². The lowest BCUT2D eigenvalue weighted by molar-refractivity contribution is -0.134. The van der Waals surface area contributed by atoms with Crippen LogP contribution in [-0.4, -0.2) is 24.5 Å². The Morgan fingerprint density at radius 1 is 1.34 bits per heavy atom. The second kappa shape index (κ2) is 9.02. The molecular formula is C24H33NO4. The van der Waals surface area contributed by atoms with Crippen molar-refractivity contribution < 1.29 is 19.1 Å². The first-order valence-corrected chi connectivity index (χ1v) is 10.8. The maximum atomic E-state index is 12.3. The summed E-state index contributed by atoms with van der Waals surface area (Å²) in [5.41, 5.74) is 3.17. The zero-order valence-electron chi connectivity index (χ0n) is 18.0. The van der Waals surface area contributed by atoms with E-state index in [0.29, 0.717) is 18.1 Å². The Morgan fingerprint density at radius 3 is 2.86 bits per heavy atom. The Kier molecular flexibility index (Phi) is 6.66. The monoisotopic (exact) mass is 399 g/mol. The highest BCUT2D eigenvalue weighted by atomic mass is 16.5. The van der Waals surface area contributed by atoms with Gasteiger partial charge >= 0.3 is 5.97 Å². The first-order chi connectivity index (χ1) is 13.9. The third kappa shape index (κ3) is 4.82. The minimum absolute atomic E-state index is 0.145. The lowest BCUT2D eigenvalue weighted by Gasteiger charge is -2.46. The van der Waals surface area contributed by atoms with Gasteiger partial charge in [0.1, 0.15) is 23.6 Å². The molecule has 0 radical (unpaired) electrons. The number of fused-ring (bicyclic) bond motifs is 3. The maximum absolute atomic E-state index is 12.3. The summed E-state index contributed by atoms with van der Waals surface area (Å²) in [7, 11) is 0. The van der Waals surface area contributed by atoms with E-state index < -0.39 is 5.97 Å². The molecule has 0 bridgehead atoms. The second-order valence-corrected chi connectivity index (χ2v) is 8.83. The molecule has 1 aromatic carbocycles. The number of aryl methyl sites for hydroxylation is 1. The molecule has 5 nitrogen and oxygen atoms in total. The molecule has 2 atom stereocenters. The van der Waals surface area contributed by atoms with Crippen LogP contribution >= 0.6 is 0 Å². The van der Waals surface area contributed by atoms with Gasteiger partial charge in [-0.15, -0.1) is 0 Å². The van der Waals surface area contributed by atoms with Crippen molar-refractivity contribution in [3.05, 3.63) is 34.9 Å². The molecule has 5 heteroatoms. The quantitative estimate of drug-likeness (QED) is 0.227. The van der Waals surface area contributed by atoms with E-state index >= 15 is 0 Å². The Bertz CT molecular complexity index is 796. The van der Waals surface area contributed by atoms with E-state index in [-0.39, 0.29) is 18.1 Å². The molecule has 158 valence electrons. The Hall–Kier alpha value is -2.30. The van der Waals surface area contributed by atoms with Crippen molar-refractivity contribution in [3.63, 3.8) is 0 Å². The summed E-state index contributed by atoms with van der Waals surface area (Å²) < 4.78 is 12.2. The molecule has 1 aliphatic heterocycles. The SMILES string of the molecule is CCCCCc1cc(OC(=O)CNC=O)c2c(c1)OC(C)(C)[C@@H]1CCC(C)=C[C@@H]21. The lowest BCUT2D eigenvalue weighted by atomic mass is 9.68. The minimum Gasteiger partial charge on any atom is -0.487 e.